The lowest BCUT2D eigenvalue weighted by Crippen LogP contribution is -2.36. The SMILES string of the molecule is O=C(Nc1ccc(N2CCOCC2)nc1)c1ccc(-n2cccn2)cc1. The van der Waals surface area contributed by atoms with Gasteiger partial charge in [0, 0.05) is 31.0 Å². The third kappa shape index (κ3) is 3.57. The fourth-order valence-corrected chi connectivity index (χ4v) is 2.83. The number of rotatable bonds is 4. The zero-order valence-corrected chi connectivity index (χ0v) is 14.2. The van der Waals surface area contributed by atoms with Gasteiger partial charge in [0.15, 0.2) is 0 Å². The van der Waals surface area contributed by atoms with E-state index in [-0.39, 0.29) is 5.91 Å². The summed E-state index contributed by atoms with van der Waals surface area (Å²) in [5, 5.41) is 7.05. The van der Waals surface area contributed by atoms with Crippen molar-refractivity contribution in [3.8, 4) is 5.69 Å². The molecule has 0 bridgehead atoms. The minimum atomic E-state index is -0.169. The van der Waals surface area contributed by atoms with Gasteiger partial charge in [-0.1, -0.05) is 0 Å². The summed E-state index contributed by atoms with van der Waals surface area (Å²) in [6.07, 6.45) is 5.26. The third-order valence-corrected chi connectivity index (χ3v) is 4.24. The van der Waals surface area contributed by atoms with E-state index in [1.807, 2.05) is 36.5 Å². The van der Waals surface area contributed by atoms with E-state index in [1.54, 1.807) is 29.2 Å². The predicted molar refractivity (Wildman–Crippen MR) is 98.8 cm³/mol. The van der Waals surface area contributed by atoms with E-state index >= 15 is 0 Å². The Morgan fingerprint density at radius 3 is 2.54 bits per heavy atom. The number of amides is 1. The Kier molecular flexibility index (Phi) is 4.61. The average molecular weight is 349 g/mol. The van der Waals surface area contributed by atoms with Gasteiger partial charge >= 0.3 is 0 Å². The van der Waals surface area contributed by atoms with Gasteiger partial charge in [-0.25, -0.2) is 9.67 Å². The van der Waals surface area contributed by atoms with E-state index in [0.29, 0.717) is 24.5 Å². The predicted octanol–water partition coefficient (Wildman–Crippen LogP) is 2.36. The Morgan fingerprint density at radius 2 is 1.88 bits per heavy atom. The van der Waals surface area contributed by atoms with Crippen LogP contribution < -0.4 is 10.2 Å². The summed E-state index contributed by atoms with van der Waals surface area (Å²) in [5.74, 6) is 0.729. The number of hydrogen-bond donors (Lipinski definition) is 1. The first-order valence-electron chi connectivity index (χ1n) is 8.50. The molecule has 0 radical (unpaired) electrons. The van der Waals surface area contributed by atoms with Gasteiger partial charge in [0.1, 0.15) is 5.82 Å². The largest absolute Gasteiger partial charge is 0.378 e. The number of anilines is 2. The lowest BCUT2D eigenvalue weighted by molar-refractivity contribution is 0.102. The van der Waals surface area contributed by atoms with Crippen LogP contribution in [0.5, 0.6) is 0 Å². The molecule has 1 aliphatic heterocycles. The number of nitrogens with zero attached hydrogens (tertiary/aromatic N) is 4. The van der Waals surface area contributed by atoms with E-state index in [9.17, 15) is 4.79 Å². The molecule has 4 rings (SSSR count). The fraction of sp³-hybridized carbons (Fsp3) is 0.211. The van der Waals surface area contributed by atoms with Crippen LogP contribution in [0.25, 0.3) is 5.69 Å². The Bertz CT molecular complexity index is 854. The monoisotopic (exact) mass is 349 g/mol. The van der Waals surface area contributed by atoms with Crippen LogP contribution in [0.2, 0.25) is 0 Å². The molecule has 7 nitrogen and oxygen atoms in total. The van der Waals surface area contributed by atoms with Crippen molar-refractivity contribution in [3.05, 3.63) is 66.6 Å². The molecular weight excluding hydrogens is 330 g/mol. The maximum absolute atomic E-state index is 12.4. The first-order chi connectivity index (χ1) is 12.8. The molecule has 1 amide bonds. The molecule has 0 spiro atoms. The zero-order valence-electron chi connectivity index (χ0n) is 14.2. The van der Waals surface area contributed by atoms with Crippen molar-refractivity contribution in [1.29, 1.82) is 0 Å². The number of hydrogen-bond acceptors (Lipinski definition) is 5. The summed E-state index contributed by atoms with van der Waals surface area (Å²) in [4.78, 5) is 19.0. The highest BCUT2D eigenvalue weighted by Gasteiger charge is 2.12. The van der Waals surface area contributed by atoms with Crippen molar-refractivity contribution >= 4 is 17.4 Å². The van der Waals surface area contributed by atoms with Crippen LogP contribution in [-0.2, 0) is 4.74 Å². The minimum Gasteiger partial charge on any atom is -0.378 e. The van der Waals surface area contributed by atoms with Crippen LogP contribution in [0.15, 0.2) is 61.1 Å². The van der Waals surface area contributed by atoms with E-state index in [1.165, 1.54) is 0 Å². The maximum atomic E-state index is 12.4. The number of nitrogens with one attached hydrogen (secondary N) is 1. The lowest BCUT2D eigenvalue weighted by atomic mass is 10.2. The molecule has 1 aliphatic rings. The molecule has 0 aliphatic carbocycles. The van der Waals surface area contributed by atoms with E-state index in [4.69, 9.17) is 4.74 Å². The van der Waals surface area contributed by atoms with Gasteiger partial charge in [-0.3, -0.25) is 4.79 Å². The first kappa shape index (κ1) is 16.3. The van der Waals surface area contributed by atoms with E-state index < -0.39 is 0 Å². The molecular formula is C19H19N5O2. The third-order valence-electron chi connectivity index (χ3n) is 4.24. The maximum Gasteiger partial charge on any atom is 0.255 e. The van der Waals surface area contributed by atoms with Crippen LogP contribution in [0.3, 0.4) is 0 Å². The van der Waals surface area contributed by atoms with Crippen LogP contribution in [0.1, 0.15) is 10.4 Å². The number of pyridine rings is 1. The molecule has 1 saturated heterocycles. The highest BCUT2D eigenvalue weighted by molar-refractivity contribution is 6.04. The molecule has 2 aromatic heterocycles. The molecule has 1 aromatic carbocycles. The number of carbonyl (C=O) groups is 1. The van der Waals surface area contributed by atoms with Crippen LogP contribution in [-0.4, -0.2) is 47.0 Å². The van der Waals surface area contributed by atoms with Gasteiger partial charge < -0.3 is 15.0 Å². The summed E-state index contributed by atoms with van der Waals surface area (Å²) < 4.78 is 7.09. The van der Waals surface area contributed by atoms with Crippen molar-refractivity contribution in [3.63, 3.8) is 0 Å². The second-order valence-corrected chi connectivity index (χ2v) is 5.96. The summed E-state index contributed by atoms with van der Waals surface area (Å²) in [7, 11) is 0. The molecule has 1 fully saturated rings. The number of carbonyl (C=O) groups excluding carboxylic acids is 1. The Morgan fingerprint density at radius 1 is 1.08 bits per heavy atom. The Labute approximate surface area is 151 Å². The summed E-state index contributed by atoms with van der Waals surface area (Å²) in [6, 6.07) is 12.9. The molecule has 0 atom stereocenters. The van der Waals surface area contributed by atoms with Crippen molar-refractivity contribution in [2.45, 2.75) is 0 Å². The molecule has 26 heavy (non-hydrogen) atoms. The van der Waals surface area contributed by atoms with E-state index in [2.05, 4.69) is 20.3 Å². The van der Waals surface area contributed by atoms with E-state index in [0.717, 1.165) is 24.6 Å². The van der Waals surface area contributed by atoms with Gasteiger partial charge in [-0.05, 0) is 42.5 Å². The Hall–Kier alpha value is -3.19. The van der Waals surface area contributed by atoms with Crippen molar-refractivity contribution in [2.24, 2.45) is 0 Å². The van der Waals surface area contributed by atoms with Gasteiger partial charge in [-0.15, -0.1) is 0 Å². The number of ether oxygens (including phenoxy) is 1. The number of aromatic nitrogens is 3. The van der Waals surface area contributed by atoms with Crippen LogP contribution in [0.4, 0.5) is 11.5 Å². The second-order valence-electron chi connectivity index (χ2n) is 5.96. The quantitative estimate of drug-likeness (QED) is 0.783. The van der Waals surface area contributed by atoms with Gasteiger partial charge in [0.05, 0.1) is 30.8 Å². The lowest BCUT2D eigenvalue weighted by Gasteiger charge is -2.27. The second kappa shape index (κ2) is 7.37. The highest BCUT2D eigenvalue weighted by Crippen LogP contribution is 2.16. The molecule has 3 aromatic rings. The van der Waals surface area contributed by atoms with Crippen molar-refractivity contribution in [2.75, 3.05) is 36.5 Å². The van der Waals surface area contributed by atoms with Gasteiger partial charge in [0.2, 0.25) is 0 Å². The molecule has 0 unspecified atom stereocenters. The Balaban J connectivity index is 1.41. The van der Waals surface area contributed by atoms with Gasteiger partial charge in [-0.2, -0.15) is 5.10 Å². The summed E-state index contributed by atoms with van der Waals surface area (Å²) >= 11 is 0. The zero-order chi connectivity index (χ0) is 17.8. The first-order valence-corrected chi connectivity index (χ1v) is 8.50. The van der Waals surface area contributed by atoms with Crippen molar-refractivity contribution in [1.82, 2.24) is 14.8 Å². The van der Waals surface area contributed by atoms with Crippen molar-refractivity contribution < 1.29 is 9.53 Å². The number of morpholine rings is 1. The smallest absolute Gasteiger partial charge is 0.255 e. The molecule has 0 saturated carbocycles. The van der Waals surface area contributed by atoms with Gasteiger partial charge in [0.25, 0.3) is 5.91 Å². The highest BCUT2D eigenvalue weighted by atomic mass is 16.5. The fourth-order valence-electron chi connectivity index (χ4n) is 2.83. The normalized spacial score (nSPS) is 14.2. The molecule has 3 heterocycles. The minimum absolute atomic E-state index is 0.169. The number of benzene rings is 1. The van der Waals surface area contributed by atoms with Crippen LogP contribution in [0, 0.1) is 0 Å². The standard InChI is InChI=1S/C19H19N5O2/c25-19(15-2-5-17(6-3-15)24-9-1-8-21-24)22-16-4-7-18(20-14-16)23-10-12-26-13-11-23/h1-9,14H,10-13H2,(H,22,25). The molecule has 7 heteroatoms. The van der Waals surface area contributed by atoms with Crippen LogP contribution >= 0.6 is 0 Å². The topological polar surface area (TPSA) is 72.3 Å². The molecule has 1 N–H and O–H groups in total. The molecule has 132 valence electrons. The average Bonchev–Trinajstić information content (AvgIpc) is 3.24. The summed E-state index contributed by atoms with van der Waals surface area (Å²) in [5.41, 5.74) is 2.16. The summed E-state index contributed by atoms with van der Waals surface area (Å²) in [6.45, 7) is 3.10.